The van der Waals surface area contributed by atoms with Crippen molar-refractivity contribution in [3.63, 3.8) is 0 Å². The first-order valence-electron chi connectivity index (χ1n) is 8.12. The number of hydrogen-bond donors (Lipinski definition) is 1. The smallest absolute Gasteiger partial charge is 0.258 e. The highest BCUT2D eigenvalue weighted by atomic mass is 32.2. The van der Waals surface area contributed by atoms with Crippen LogP contribution in [0.25, 0.3) is 0 Å². The average molecular weight is 343 g/mol. The Balaban J connectivity index is 1.88. The van der Waals surface area contributed by atoms with Crippen molar-refractivity contribution in [3.8, 4) is 5.75 Å². The molecule has 3 nitrogen and oxygen atoms in total. The van der Waals surface area contributed by atoms with E-state index in [1.54, 1.807) is 11.8 Å². The van der Waals surface area contributed by atoms with Gasteiger partial charge in [0.25, 0.3) is 5.91 Å². The van der Waals surface area contributed by atoms with Crippen LogP contribution in [0.15, 0.2) is 47.4 Å². The third-order valence-electron chi connectivity index (χ3n) is 3.80. The maximum absolute atomic E-state index is 12.0. The SMILES string of the molecule is CSc1ccc(CNC(=O)COc2cc(C)ccc2C(C)C)cc1. The lowest BCUT2D eigenvalue weighted by molar-refractivity contribution is -0.123. The van der Waals surface area contributed by atoms with E-state index in [1.165, 1.54) is 4.90 Å². The first kappa shape index (κ1) is 18.4. The van der Waals surface area contributed by atoms with Gasteiger partial charge in [-0.3, -0.25) is 4.79 Å². The minimum atomic E-state index is -0.111. The number of hydrogen-bond acceptors (Lipinski definition) is 3. The summed E-state index contributed by atoms with van der Waals surface area (Å²) >= 11 is 1.70. The van der Waals surface area contributed by atoms with Gasteiger partial charge in [-0.1, -0.05) is 38.1 Å². The summed E-state index contributed by atoms with van der Waals surface area (Å²) in [5.74, 6) is 1.04. The van der Waals surface area contributed by atoms with Gasteiger partial charge in [0.2, 0.25) is 0 Å². The maximum atomic E-state index is 12.0. The molecule has 0 saturated heterocycles. The van der Waals surface area contributed by atoms with E-state index in [9.17, 15) is 4.79 Å². The fourth-order valence-corrected chi connectivity index (χ4v) is 2.79. The van der Waals surface area contributed by atoms with E-state index in [0.717, 1.165) is 22.4 Å². The van der Waals surface area contributed by atoms with Gasteiger partial charge in [0, 0.05) is 11.4 Å². The molecule has 0 aliphatic rings. The first-order chi connectivity index (χ1) is 11.5. The number of thioether (sulfide) groups is 1. The molecule has 0 aliphatic heterocycles. The second-order valence-electron chi connectivity index (χ2n) is 6.11. The van der Waals surface area contributed by atoms with Crippen molar-refractivity contribution in [2.24, 2.45) is 0 Å². The van der Waals surface area contributed by atoms with Crippen LogP contribution in [0.3, 0.4) is 0 Å². The third-order valence-corrected chi connectivity index (χ3v) is 4.54. The van der Waals surface area contributed by atoms with Crippen LogP contribution >= 0.6 is 11.8 Å². The zero-order valence-electron chi connectivity index (χ0n) is 14.8. The number of carbonyl (C=O) groups excluding carboxylic acids is 1. The van der Waals surface area contributed by atoms with E-state index < -0.39 is 0 Å². The van der Waals surface area contributed by atoms with Gasteiger partial charge in [-0.2, -0.15) is 0 Å². The van der Waals surface area contributed by atoms with Crippen molar-refractivity contribution in [1.82, 2.24) is 5.32 Å². The Bertz CT molecular complexity index is 681. The van der Waals surface area contributed by atoms with Crippen molar-refractivity contribution in [2.45, 2.75) is 38.1 Å². The van der Waals surface area contributed by atoms with E-state index >= 15 is 0 Å². The summed E-state index contributed by atoms with van der Waals surface area (Å²) in [6, 6.07) is 14.3. The Morgan fingerprint density at radius 2 is 1.88 bits per heavy atom. The number of carbonyl (C=O) groups is 1. The molecular formula is C20H25NO2S. The molecule has 128 valence electrons. The standard InChI is InChI=1S/C20H25NO2S/c1-14(2)18-10-5-15(3)11-19(18)23-13-20(22)21-12-16-6-8-17(24-4)9-7-16/h5-11,14H,12-13H2,1-4H3,(H,21,22). The average Bonchev–Trinajstić information content (AvgIpc) is 2.58. The second kappa shape index (κ2) is 8.78. The summed E-state index contributed by atoms with van der Waals surface area (Å²) in [4.78, 5) is 13.3. The summed E-state index contributed by atoms with van der Waals surface area (Å²) in [6.07, 6.45) is 2.05. The normalized spacial score (nSPS) is 10.7. The van der Waals surface area contributed by atoms with Crippen LogP contribution in [-0.2, 0) is 11.3 Å². The monoisotopic (exact) mass is 343 g/mol. The van der Waals surface area contributed by atoms with Gasteiger partial charge in [-0.25, -0.2) is 0 Å². The lowest BCUT2D eigenvalue weighted by atomic mass is 10.0. The van der Waals surface area contributed by atoms with E-state index in [1.807, 2.05) is 31.4 Å². The van der Waals surface area contributed by atoms with E-state index in [0.29, 0.717) is 12.5 Å². The van der Waals surface area contributed by atoms with E-state index in [-0.39, 0.29) is 12.5 Å². The van der Waals surface area contributed by atoms with Crippen LogP contribution in [0.4, 0.5) is 0 Å². The van der Waals surface area contributed by atoms with Crippen molar-refractivity contribution in [3.05, 3.63) is 59.2 Å². The predicted molar refractivity (Wildman–Crippen MR) is 101 cm³/mol. The Morgan fingerprint density at radius 1 is 1.17 bits per heavy atom. The van der Waals surface area contributed by atoms with Crippen molar-refractivity contribution in [1.29, 1.82) is 0 Å². The fourth-order valence-electron chi connectivity index (χ4n) is 2.38. The molecule has 0 fully saturated rings. The highest BCUT2D eigenvalue weighted by Gasteiger charge is 2.10. The molecule has 1 N–H and O–H groups in total. The van der Waals surface area contributed by atoms with Gasteiger partial charge in [-0.15, -0.1) is 11.8 Å². The zero-order chi connectivity index (χ0) is 17.5. The number of rotatable bonds is 7. The maximum Gasteiger partial charge on any atom is 0.258 e. The summed E-state index contributed by atoms with van der Waals surface area (Å²) in [5, 5.41) is 2.90. The summed E-state index contributed by atoms with van der Waals surface area (Å²) in [5.41, 5.74) is 3.34. The number of aryl methyl sites for hydroxylation is 1. The Morgan fingerprint density at radius 3 is 2.50 bits per heavy atom. The minimum Gasteiger partial charge on any atom is -0.483 e. The Labute approximate surface area is 148 Å². The van der Waals surface area contributed by atoms with Gasteiger partial charge >= 0.3 is 0 Å². The molecule has 0 spiro atoms. The zero-order valence-corrected chi connectivity index (χ0v) is 15.6. The van der Waals surface area contributed by atoms with Gasteiger partial charge in [0.1, 0.15) is 5.75 Å². The van der Waals surface area contributed by atoms with Gasteiger partial charge in [0.15, 0.2) is 6.61 Å². The molecule has 0 unspecified atom stereocenters. The van der Waals surface area contributed by atoms with Gasteiger partial charge < -0.3 is 10.1 Å². The summed E-state index contributed by atoms with van der Waals surface area (Å²) in [6.45, 7) is 6.81. The van der Waals surface area contributed by atoms with Crippen LogP contribution in [0.2, 0.25) is 0 Å². The molecular weight excluding hydrogens is 318 g/mol. The first-order valence-corrected chi connectivity index (χ1v) is 9.35. The lowest BCUT2D eigenvalue weighted by Gasteiger charge is -2.15. The summed E-state index contributed by atoms with van der Waals surface area (Å²) in [7, 11) is 0. The molecule has 0 radical (unpaired) electrons. The third kappa shape index (κ3) is 5.31. The van der Waals surface area contributed by atoms with Crippen LogP contribution in [0, 0.1) is 6.92 Å². The number of benzene rings is 2. The second-order valence-corrected chi connectivity index (χ2v) is 6.99. The quantitative estimate of drug-likeness (QED) is 0.750. The number of ether oxygens (including phenoxy) is 1. The van der Waals surface area contributed by atoms with Gasteiger partial charge in [-0.05, 0) is 54.0 Å². The van der Waals surface area contributed by atoms with Crippen LogP contribution in [-0.4, -0.2) is 18.8 Å². The highest BCUT2D eigenvalue weighted by molar-refractivity contribution is 7.98. The molecule has 24 heavy (non-hydrogen) atoms. The largest absolute Gasteiger partial charge is 0.483 e. The molecule has 0 aliphatic carbocycles. The van der Waals surface area contributed by atoms with E-state index in [4.69, 9.17) is 4.74 Å². The fraction of sp³-hybridized carbons (Fsp3) is 0.350. The Hall–Kier alpha value is -1.94. The molecule has 0 atom stereocenters. The van der Waals surface area contributed by atoms with Crippen molar-refractivity contribution < 1.29 is 9.53 Å². The number of amides is 1. The molecule has 4 heteroatoms. The molecule has 2 aromatic carbocycles. The molecule has 1 amide bonds. The van der Waals surface area contributed by atoms with Crippen LogP contribution in [0.1, 0.15) is 36.5 Å². The number of nitrogens with one attached hydrogen (secondary N) is 1. The van der Waals surface area contributed by atoms with Crippen molar-refractivity contribution >= 4 is 17.7 Å². The lowest BCUT2D eigenvalue weighted by Crippen LogP contribution is -2.28. The predicted octanol–water partition coefficient (Wildman–Crippen LogP) is 4.54. The Kier molecular flexibility index (Phi) is 6.73. The molecule has 0 saturated carbocycles. The molecule has 0 aromatic heterocycles. The van der Waals surface area contributed by atoms with Crippen LogP contribution in [0.5, 0.6) is 5.75 Å². The molecule has 2 rings (SSSR count). The molecule has 0 bridgehead atoms. The molecule has 0 heterocycles. The van der Waals surface area contributed by atoms with Crippen LogP contribution < -0.4 is 10.1 Å². The van der Waals surface area contributed by atoms with Gasteiger partial charge in [0.05, 0.1) is 0 Å². The highest BCUT2D eigenvalue weighted by Crippen LogP contribution is 2.27. The minimum absolute atomic E-state index is 0.0338. The van der Waals surface area contributed by atoms with E-state index in [2.05, 4.69) is 43.4 Å². The topological polar surface area (TPSA) is 38.3 Å². The summed E-state index contributed by atoms with van der Waals surface area (Å²) < 4.78 is 5.75. The molecule has 2 aromatic rings. The van der Waals surface area contributed by atoms with Crippen molar-refractivity contribution in [2.75, 3.05) is 12.9 Å².